The Morgan fingerprint density at radius 1 is 1.25 bits per heavy atom. The number of nitrogens with zero attached hydrogens (tertiary/aromatic N) is 2. The molecule has 1 N–H and O–H groups in total. The molecule has 5 nitrogen and oxygen atoms in total. The van der Waals surface area contributed by atoms with Crippen molar-refractivity contribution in [2.75, 3.05) is 5.43 Å². The van der Waals surface area contributed by atoms with E-state index in [-0.39, 0.29) is 16.3 Å². The van der Waals surface area contributed by atoms with Crippen LogP contribution in [0.15, 0.2) is 41.5 Å². The highest BCUT2D eigenvalue weighted by atomic mass is 35.5. The lowest BCUT2D eigenvalue weighted by Gasteiger charge is -2.08. The molecule has 24 heavy (non-hydrogen) atoms. The molecule has 0 heterocycles. The van der Waals surface area contributed by atoms with Crippen molar-refractivity contribution in [1.29, 1.82) is 0 Å². The van der Waals surface area contributed by atoms with Crippen molar-refractivity contribution < 1.29 is 22.5 Å². The maximum absolute atomic E-state index is 13.5. The number of benzene rings is 2. The highest BCUT2D eigenvalue weighted by Crippen LogP contribution is 2.34. The van der Waals surface area contributed by atoms with Gasteiger partial charge < -0.3 is 0 Å². The smallest absolute Gasteiger partial charge is 0.272 e. The van der Waals surface area contributed by atoms with Crippen LogP contribution in [0.1, 0.15) is 11.1 Å². The molecule has 0 aliphatic carbocycles. The standard InChI is InChI=1S/C14H8ClF4N3O2/c15-10-2-1-3-11(16)9(10)7-20-21-12-5-4-8(14(17,18)19)6-13(12)22(23)24/h1-7,21H/b20-7+. The van der Waals surface area contributed by atoms with Crippen LogP contribution in [-0.2, 0) is 6.18 Å². The Bertz CT molecular complexity index is 789. The number of nitro groups is 1. The Morgan fingerprint density at radius 2 is 1.96 bits per heavy atom. The quantitative estimate of drug-likeness (QED) is 0.366. The summed E-state index contributed by atoms with van der Waals surface area (Å²) in [5.74, 6) is -0.671. The van der Waals surface area contributed by atoms with Gasteiger partial charge in [-0.15, -0.1) is 0 Å². The molecule has 0 saturated heterocycles. The second kappa shape index (κ2) is 6.83. The van der Waals surface area contributed by atoms with Gasteiger partial charge in [-0.05, 0) is 24.3 Å². The molecule has 0 fully saturated rings. The summed E-state index contributed by atoms with van der Waals surface area (Å²) < 4.78 is 51.3. The van der Waals surface area contributed by atoms with Crippen molar-refractivity contribution in [3.05, 3.63) is 68.5 Å². The van der Waals surface area contributed by atoms with Crippen molar-refractivity contribution in [3.8, 4) is 0 Å². The van der Waals surface area contributed by atoms with E-state index in [2.05, 4.69) is 10.5 Å². The second-order valence-electron chi connectivity index (χ2n) is 4.49. The van der Waals surface area contributed by atoms with E-state index < -0.39 is 28.2 Å². The number of alkyl halides is 3. The summed E-state index contributed by atoms with van der Waals surface area (Å²) in [7, 11) is 0. The molecule has 10 heteroatoms. The number of halogens is 5. The molecule has 0 aliphatic heterocycles. The number of hydrazone groups is 1. The van der Waals surface area contributed by atoms with Gasteiger partial charge in [-0.3, -0.25) is 15.5 Å². The van der Waals surface area contributed by atoms with Crippen molar-refractivity contribution in [2.45, 2.75) is 6.18 Å². The summed E-state index contributed by atoms with van der Waals surface area (Å²) in [5, 5.41) is 14.5. The van der Waals surface area contributed by atoms with E-state index in [1.54, 1.807) is 0 Å². The molecular weight excluding hydrogens is 354 g/mol. The Kier molecular flexibility index (Phi) is 5.03. The molecule has 0 atom stereocenters. The fourth-order valence-electron chi connectivity index (χ4n) is 1.75. The number of anilines is 1. The highest BCUT2D eigenvalue weighted by Gasteiger charge is 2.33. The molecule has 0 aromatic heterocycles. The molecule has 0 saturated carbocycles. The summed E-state index contributed by atoms with van der Waals surface area (Å²) in [5.41, 5.74) is -0.122. The molecule has 0 spiro atoms. The van der Waals surface area contributed by atoms with Crippen LogP contribution >= 0.6 is 11.6 Å². The van der Waals surface area contributed by atoms with Gasteiger partial charge in [-0.25, -0.2) is 4.39 Å². The SMILES string of the molecule is O=[N+]([O-])c1cc(C(F)(F)F)ccc1N/N=C/c1c(F)cccc1Cl. The van der Waals surface area contributed by atoms with E-state index >= 15 is 0 Å². The van der Waals surface area contributed by atoms with Gasteiger partial charge in [0, 0.05) is 11.6 Å². The molecule has 0 radical (unpaired) electrons. The summed E-state index contributed by atoms with van der Waals surface area (Å²) in [6, 6.07) is 5.83. The number of hydrogen-bond acceptors (Lipinski definition) is 4. The van der Waals surface area contributed by atoms with Gasteiger partial charge in [0.05, 0.1) is 21.7 Å². The monoisotopic (exact) mass is 361 g/mol. The van der Waals surface area contributed by atoms with Gasteiger partial charge in [-0.2, -0.15) is 18.3 Å². The molecule has 2 rings (SSSR count). The maximum Gasteiger partial charge on any atom is 0.416 e. The molecule has 0 unspecified atom stereocenters. The molecule has 0 aliphatic rings. The minimum absolute atomic E-state index is 0.0578. The molecule has 126 valence electrons. The van der Waals surface area contributed by atoms with Gasteiger partial charge >= 0.3 is 6.18 Å². The van der Waals surface area contributed by atoms with Crippen molar-refractivity contribution in [1.82, 2.24) is 0 Å². The van der Waals surface area contributed by atoms with Gasteiger partial charge in [0.15, 0.2) is 0 Å². The first-order valence-electron chi connectivity index (χ1n) is 6.29. The third kappa shape index (κ3) is 3.99. The van der Waals surface area contributed by atoms with Crippen LogP contribution < -0.4 is 5.43 Å². The van der Waals surface area contributed by atoms with E-state index in [9.17, 15) is 27.7 Å². The zero-order valence-electron chi connectivity index (χ0n) is 11.6. The largest absolute Gasteiger partial charge is 0.416 e. The number of nitro benzene ring substituents is 1. The van der Waals surface area contributed by atoms with Crippen LogP contribution in [-0.4, -0.2) is 11.1 Å². The zero-order chi connectivity index (χ0) is 17.9. The Balaban J connectivity index is 2.30. The van der Waals surface area contributed by atoms with Gasteiger partial charge in [0.25, 0.3) is 5.69 Å². The third-order valence-corrected chi connectivity index (χ3v) is 3.23. The van der Waals surface area contributed by atoms with Crippen molar-refractivity contribution in [3.63, 3.8) is 0 Å². The third-order valence-electron chi connectivity index (χ3n) is 2.90. The van der Waals surface area contributed by atoms with Crippen LogP contribution in [0, 0.1) is 15.9 Å². The molecule has 0 bridgehead atoms. The number of hydrogen-bond donors (Lipinski definition) is 1. The predicted molar refractivity (Wildman–Crippen MR) is 80.7 cm³/mol. The average molecular weight is 362 g/mol. The highest BCUT2D eigenvalue weighted by molar-refractivity contribution is 6.33. The van der Waals surface area contributed by atoms with Crippen LogP contribution in [0.2, 0.25) is 5.02 Å². The number of rotatable bonds is 4. The molecule has 2 aromatic carbocycles. The van der Waals surface area contributed by atoms with E-state index in [1.165, 1.54) is 12.1 Å². The second-order valence-corrected chi connectivity index (χ2v) is 4.90. The minimum atomic E-state index is -4.72. The van der Waals surface area contributed by atoms with Crippen LogP contribution in [0.4, 0.5) is 28.9 Å². The fourth-order valence-corrected chi connectivity index (χ4v) is 1.97. The Hall–Kier alpha value is -2.68. The minimum Gasteiger partial charge on any atom is -0.272 e. The van der Waals surface area contributed by atoms with Crippen LogP contribution in [0.25, 0.3) is 0 Å². The Labute approximate surface area is 137 Å². The maximum atomic E-state index is 13.5. The first-order chi connectivity index (χ1) is 11.2. The normalized spacial score (nSPS) is 11.7. The zero-order valence-corrected chi connectivity index (χ0v) is 12.4. The summed E-state index contributed by atoms with van der Waals surface area (Å²) in [4.78, 5) is 9.92. The summed E-state index contributed by atoms with van der Waals surface area (Å²) in [6.07, 6.45) is -3.74. The molecule has 2 aromatic rings. The van der Waals surface area contributed by atoms with Gasteiger partial charge in [0.1, 0.15) is 11.5 Å². The lowest BCUT2D eigenvalue weighted by atomic mass is 10.1. The average Bonchev–Trinajstić information content (AvgIpc) is 2.49. The fraction of sp³-hybridized carbons (Fsp3) is 0.0714. The first-order valence-corrected chi connectivity index (χ1v) is 6.66. The molecular formula is C14H8ClF4N3O2. The number of nitrogens with one attached hydrogen (secondary N) is 1. The van der Waals surface area contributed by atoms with Crippen LogP contribution in [0.3, 0.4) is 0 Å². The molecule has 0 amide bonds. The lowest BCUT2D eigenvalue weighted by molar-refractivity contribution is -0.384. The van der Waals surface area contributed by atoms with Gasteiger partial charge in [-0.1, -0.05) is 17.7 Å². The summed E-state index contributed by atoms with van der Waals surface area (Å²) >= 11 is 5.77. The predicted octanol–water partition coefficient (Wildman–Crippen LogP) is 4.85. The van der Waals surface area contributed by atoms with E-state index in [0.29, 0.717) is 12.1 Å². The van der Waals surface area contributed by atoms with Gasteiger partial charge in [0.2, 0.25) is 0 Å². The topological polar surface area (TPSA) is 67.5 Å². The van der Waals surface area contributed by atoms with Crippen LogP contribution in [0.5, 0.6) is 0 Å². The van der Waals surface area contributed by atoms with Crippen molar-refractivity contribution >= 4 is 29.2 Å². The van der Waals surface area contributed by atoms with E-state index in [4.69, 9.17) is 11.6 Å². The first kappa shape index (κ1) is 17.7. The van der Waals surface area contributed by atoms with E-state index in [1.807, 2.05) is 0 Å². The summed E-state index contributed by atoms with van der Waals surface area (Å²) in [6.45, 7) is 0. The van der Waals surface area contributed by atoms with Crippen molar-refractivity contribution in [2.24, 2.45) is 5.10 Å². The Morgan fingerprint density at radius 3 is 2.54 bits per heavy atom. The van der Waals surface area contributed by atoms with E-state index in [0.717, 1.165) is 18.3 Å². The lowest BCUT2D eigenvalue weighted by Crippen LogP contribution is -2.06.